The normalized spacial score (nSPS) is 11.8. The van der Waals surface area contributed by atoms with E-state index >= 15 is 0 Å². The van der Waals surface area contributed by atoms with Crippen molar-refractivity contribution in [3.05, 3.63) is 82.1 Å². The zero-order chi connectivity index (χ0) is 21.5. The van der Waals surface area contributed by atoms with Crippen LogP contribution in [0.25, 0.3) is 10.9 Å². The zero-order valence-corrected chi connectivity index (χ0v) is 17.1. The minimum Gasteiger partial charge on any atom is -0.340 e. The molecule has 8 heteroatoms. The van der Waals surface area contributed by atoms with Crippen LogP contribution in [0, 0.1) is 6.92 Å². The lowest BCUT2D eigenvalue weighted by atomic mass is 10.1. The Morgan fingerprint density at radius 1 is 1.13 bits per heavy atom. The third-order valence-corrected chi connectivity index (χ3v) is 5.93. The number of halogens is 3. The summed E-state index contributed by atoms with van der Waals surface area (Å²) in [5, 5.41) is 5.08. The lowest BCUT2D eigenvalue weighted by Gasteiger charge is -2.07. The van der Waals surface area contributed by atoms with Gasteiger partial charge < -0.3 is 9.88 Å². The average molecular weight is 429 g/mol. The highest BCUT2D eigenvalue weighted by atomic mass is 32.1. The van der Waals surface area contributed by atoms with Crippen LogP contribution in [-0.4, -0.2) is 15.5 Å². The second-order valence-electron chi connectivity index (χ2n) is 7.00. The van der Waals surface area contributed by atoms with E-state index in [1.54, 1.807) is 13.0 Å². The van der Waals surface area contributed by atoms with Crippen molar-refractivity contribution < 1.29 is 18.0 Å². The molecule has 0 spiro atoms. The number of hydrogen-bond acceptors (Lipinski definition) is 3. The minimum atomic E-state index is -4.38. The molecule has 4 aromatic rings. The molecule has 0 bridgehead atoms. The van der Waals surface area contributed by atoms with Gasteiger partial charge in [-0.15, -0.1) is 11.3 Å². The number of alkyl halides is 3. The Morgan fingerprint density at radius 3 is 2.63 bits per heavy atom. The molecule has 0 aliphatic heterocycles. The minimum absolute atomic E-state index is 0.258. The van der Waals surface area contributed by atoms with E-state index in [9.17, 15) is 18.0 Å². The molecule has 0 radical (unpaired) electrons. The van der Waals surface area contributed by atoms with Gasteiger partial charge in [-0.1, -0.05) is 36.4 Å². The molecule has 0 fully saturated rings. The standard InChI is InChI=1S/C22H18F3N3OS/c1-13-21(27-20(29)18-12-15-7-3-4-9-17(15)28(18)2)30-19(26-13)11-14-6-5-8-16(10-14)22(23,24)25/h3-10,12H,11H2,1-2H3,(H,27,29). The van der Waals surface area contributed by atoms with Gasteiger partial charge in [-0.05, 0) is 30.7 Å². The number of anilines is 1. The van der Waals surface area contributed by atoms with Crippen LogP contribution in [0.2, 0.25) is 0 Å². The Bertz CT molecular complexity index is 1240. The lowest BCUT2D eigenvalue weighted by molar-refractivity contribution is -0.137. The summed E-state index contributed by atoms with van der Waals surface area (Å²) < 4.78 is 40.6. The predicted octanol–water partition coefficient (Wildman–Crippen LogP) is 5.81. The van der Waals surface area contributed by atoms with Gasteiger partial charge in [0.25, 0.3) is 5.91 Å². The van der Waals surface area contributed by atoms with Crippen molar-refractivity contribution in [3.8, 4) is 0 Å². The molecule has 2 aromatic carbocycles. The number of nitrogens with one attached hydrogen (secondary N) is 1. The molecule has 0 atom stereocenters. The molecule has 4 nitrogen and oxygen atoms in total. The largest absolute Gasteiger partial charge is 0.416 e. The molecule has 1 N–H and O–H groups in total. The summed E-state index contributed by atoms with van der Waals surface area (Å²) in [6.07, 6.45) is -4.12. The molecule has 30 heavy (non-hydrogen) atoms. The van der Waals surface area contributed by atoms with Crippen molar-refractivity contribution in [2.45, 2.75) is 19.5 Å². The number of aromatic nitrogens is 2. The van der Waals surface area contributed by atoms with Crippen molar-refractivity contribution in [2.75, 3.05) is 5.32 Å². The van der Waals surface area contributed by atoms with E-state index in [0.717, 1.165) is 23.0 Å². The molecule has 0 saturated carbocycles. The molecule has 154 valence electrons. The lowest BCUT2D eigenvalue weighted by Crippen LogP contribution is -2.15. The maximum Gasteiger partial charge on any atom is 0.416 e. The summed E-state index contributed by atoms with van der Waals surface area (Å²) in [6.45, 7) is 1.77. The van der Waals surface area contributed by atoms with Gasteiger partial charge in [-0.3, -0.25) is 4.79 Å². The van der Waals surface area contributed by atoms with Gasteiger partial charge in [0.1, 0.15) is 10.7 Å². The molecular formula is C22H18F3N3OS. The summed E-state index contributed by atoms with van der Waals surface area (Å²) in [7, 11) is 1.83. The maximum absolute atomic E-state index is 12.9. The third kappa shape index (κ3) is 3.95. The molecule has 1 amide bonds. The van der Waals surface area contributed by atoms with Crippen LogP contribution in [0.4, 0.5) is 18.2 Å². The highest BCUT2D eigenvalue weighted by Gasteiger charge is 2.30. The molecule has 2 heterocycles. The molecule has 2 aromatic heterocycles. The summed E-state index contributed by atoms with van der Waals surface area (Å²) in [5.41, 5.74) is 1.94. The number of nitrogens with zero attached hydrogens (tertiary/aromatic N) is 2. The summed E-state index contributed by atoms with van der Waals surface area (Å²) in [6, 6.07) is 14.7. The van der Waals surface area contributed by atoms with E-state index in [2.05, 4.69) is 10.3 Å². The van der Waals surface area contributed by atoms with Crippen molar-refractivity contribution in [2.24, 2.45) is 7.05 Å². The van der Waals surface area contributed by atoms with Crippen LogP contribution in [0.5, 0.6) is 0 Å². The topological polar surface area (TPSA) is 46.9 Å². The van der Waals surface area contributed by atoms with Gasteiger partial charge in [-0.25, -0.2) is 4.98 Å². The van der Waals surface area contributed by atoms with E-state index in [4.69, 9.17) is 0 Å². The Kier molecular flexibility index (Phi) is 5.11. The van der Waals surface area contributed by atoms with Crippen molar-refractivity contribution in [1.29, 1.82) is 0 Å². The van der Waals surface area contributed by atoms with E-state index in [1.165, 1.54) is 17.4 Å². The van der Waals surface area contributed by atoms with E-state index in [0.29, 0.717) is 27.0 Å². The van der Waals surface area contributed by atoms with E-state index in [-0.39, 0.29) is 12.3 Å². The second-order valence-corrected chi connectivity index (χ2v) is 8.08. The Morgan fingerprint density at radius 2 is 1.90 bits per heavy atom. The van der Waals surface area contributed by atoms with Gasteiger partial charge in [-0.2, -0.15) is 13.2 Å². The fourth-order valence-corrected chi connectivity index (χ4v) is 4.34. The number of para-hydroxylation sites is 1. The summed E-state index contributed by atoms with van der Waals surface area (Å²) in [4.78, 5) is 17.2. The highest BCUT2D eigenvalue weighted by Crippen LogP contribution is 2.31. The smallest absolute Gasteiger partial charge is 0.340 e. The van der Waals surface area contributed by atoms with Crippen molar-refractivity contribution in [3.63, 3.8) is 0 Å². The number of rotatable bonds is 4. The molecule has 4 rings (SSSR count). The van der Waals surface area contributed by atoms with Crippen molar-refractivity contribution >= 4 is 33.1 Å². The number of benzene rings is 2. The fourth-order valence-electron chi connectivity index (χ4n) is 3.35. The molecule has 0 saturated heterocycles. The van der Waals surface area contributed by atoms with Crippen LogP contribution in [-0.2, 0) is 19.6 Å². The SMILES string of the molecule is Cc1nc(Cc2cccc(C(F)(F)F)c2)sc1NC(=O)c1cc2ccccc2n1C. The van der Waals surface area contributed by atoms with Crippen LogP contribution >= 0.6 is 11.3 Å². The number of hydrogen-bond donors (Lipinski definition) is 1. The monoisotopic (exact) mass is 429 g/mol. The molecular weight excluding hydrogens is 411 g/mol. The Hall–Kier alpha value is -3.13. The number of fused-ring (bicyclic) bond motifs is 1. The number of aryl methyl sites for hydroxylation is 2. The zero-order valence-electron chi connectivity index (χ0n) is 16.2. The molecule has 0 aliphatic rings. The van der Waals surface area contributed by atoms with Crippen molar-refractivity contribution in [1.82, 2.24) is 9.55 Å². The Balaban J connectivity index is 1.54. The fraction of sp³-hybridized carbons (Fsp3) is 0.182. The highest BCUT2D eigenvalue weighted by molar-refractivity contribution is 7.16. The summed E-state index contributed by atoms with van der Waals surface area (Å²) in [5.74, 6) is -0.258. The summed E-state index contributed by atoms with van der Waals surface area (Å²) >= 11 is 1.27. The quantitative estimate of drug-likeness (QED) is 0.445. The first-order valence-electron chi connectivity index (χ1n) is 9.20. The Labute approximate surface area is 175 Å². The molecule has 0 unspecified atom stereocenters. The van der Waals surface area contributed by atoms with Crippen LogP contribution in [0.3, 0.4) is 0 Å². The maximum atomic E-state index is 12.9. The van der Waals surface area contributed by atoms with Gasteiger partial charge in [0, 0.05) is 24.4 Å². The number of thiazole rings is 1. The van der Waals surface area contributed by atoms with Crippen LogP contribution in [0.15, 0.2) is 54.6 Å². The molecule has 0 aliphatic carbocycles. The average Bonchev–Trinajstić information content (AvgIpc) is 3.21. The third-order valence-electron chi connectivity index (χ3n) is 4.86. The van der Waals surface area contributed by atoms with Gasteiger partial charge >= 0.3 is 6.18 Å². The first-order valence-corrected chi connectivity index (χ1v) is 10.0. The van der Waals surface area contributed by atoms with E-state index in [1.807, 2.05) is 41.9 Å². The number of carbonyl (C=O) groups is 1. The second kappa shape index (κ2) is 7.60. The van der Waals surface area contributed by atoms with E-state index < -0.39 is 11.7 Å². The number of amides is 1. The predicted molar refractivity (Wildman–Crippen MR) is 112 cm³/mol. The first kappa shape index (κ1) is 20.2. The first-order chi connectivity index (χ1) is 14.2. The van der Waals surface area contributed by atoms with Gasteiger partial charge in [0.15, 0.2) is 0 Å². The van der Waals surface area contributed by atoms with Gasteiger partial charge in [0.05, 0.1) is 16.3 Å². The van der Waals surface area contributed by atoms with Gasteiger partial charge in [0.2, 0.25) is 0 Å². The van der Waals surface area contributed by atoms with Crippen LogP contribution in [0.1, 0.15) is 32.3 Å². The number of carbonyl (C=O) groups excluding carboxylic acids is 1. The van der Waals surface area contributed by atoms with Crippen LogP contribution < -0.4 is 5.32 Å².